The lowest BCUT2D eigenvalue weighted by Gasteiger charge is -2.22. The van der Waals surface area contributed by atoms with E-state index in [0.717, 1.165) is 4.90 Å². The summed E-state index contributed by atoms with van der Waals surface area (Å²) in [7, 11) is 1.48. The van der Waals surface area contributed by atoms with Gasteiger partial charge in [0.05, 0.1) is 25.8 Å². The minimum absolute atomic E-state index is 0.0379. The van der Waals surface area contributed by atoms with Crippen LogP contribution < -0.4 is 19.7 Å². The topological polar surface area (TPSA) is 88.2 Å². The first kappa shape index (κ1) is 24.7. The van der Waals surface area contributed by atoms with E-state index in [1.807, 2.05) is 6.92 Å². The Morgan fingerprint density at radius 2 is 1.75 bits per heavy atom. The number of hydrogen-bond acceptors (Lipinski definition) is 5. The summed E-state index contributed by atoms with van der Waals surface area (Å²) in [6.45, 7) is 2.36. The van der Waals surface area contributed by atoms with Crippen molar-refractivity contribution in [2.45, 2.75) is 25.9 Å². The molecule has 8 nitrogen and oxygen atoms in total. The molecular formula is C27H26FN3O5. The molecule has 0 radical (unpaired) electrons. The first-order valence-corrected chi connectivity index (χ1v) is 11.5. The molecule has 36 heavy (non-hydrogen) atoms. The van der Waals surface area contributed by atoms with E-state index in [9.17, 15) is 18.8 Å². The number of hydrogen-bond donors (Lipinski definition) is 1. The Kier molecular flexibility index (Phi) is 7.48. The third kappa shape index (κ3) is 5.46. The molecule has 4 rings (SSSR count). The predicted molar refractivity (Wildman–Crippen MR) is 132 cm³/mol. The third-order valence-electron chi connectivity index (χ3n) is 5.70. The average Bonchev–Trinajstić information content (AvgIpc) is 3.09. The van der Waals surface area contributed by atoms with Gasteiger partial charge in [-0.25, -0.2) is 14.1 Å². The molecule has 1 aliphatic heterocycles. The molecule has 0 aliphatic carbocycles. The monoisotopic (exact) mass is 491 g/mol. The van der Waals surface area contributed by atoms with Gasteiger partial charge >= 0.3 is 6.03 Å². The second-order valence-corrected chi connectivity index (χ2v) is 8.14. The standard InChI is InChI=1S/C27H26FN3O5/c1-3-36-22-12-10-20(11-13-22)29-25(32)16-24-26(33)31(21-8-5-9-23(15-21)35-2)27(34)30(24)17-18-6-4-7-19(28)14-18/h4-15,24H,3,16-17H2,1-2H3,(H,29,32). The first-order valence-electron chi connectivity index (χ1n) is 11.5. The zero-order valence-electron chi connectivity index (χ0n) is 19.9. The van der Waals surface area contributed by atoms with Crippen LogP contribution >= 0.6 is 0 Å². The molecule has 0 saturated carbocycles. The van der Waals surface area contributed by atoms with Crippen LogP contribution in [-0.2, 0) is 16.1 Å². The molecule has 186 valence electrons. The number of urea groups is 1. The zero-order chi connectivity index (χ0) is 25.7. The number of benzene rings is 3. The molecule has 0 aromatic heterocycles. The lowest BCUT2D eigenvalue weighted by atomic mass is 10.1. The van der Waals surface area contributed by atoms with Gasteiger partial charge < -0.3 is 19.7 Å². The van der Waals surface area contributed by atoms with E-state index in [-0.39, 0.29) is 13.0 Å². The number of anilines is 2. The van der Waals surface area contributed by atoms with Gasteiger partial charge in [-0.1, -0.05) is 18.2 Å². The zero-order valence-corrected chi connectivity index (χ0v) is 19.9. The van der Waals surface area contributed by atoms with Gasteiger partial charge in [-0.2, -0.15) is 0 Å². The van der Waals surface area contributed by atoms with Crippen molar-refractivity contribution in [3.05, 3.63) is 84.2 Å². The SMILES string of the molecule is CCOc1ccc(NC(=O)CC2C(=O)N(c3cccc(OC)c3)C(=O)N2Cc2cccc(F)c2)cc1. The van der Waals surface area contributed by atoms with Gasteiger partial charge in [-0.15, -0.1) is 0 Å². The maximum absolute atomic E-state index is 13.8. The predicted octanol–water partition coefficient (Wildman–Crippen LogP) is 4.60. The van der Waals surface area contributed by atoms with E-state index >= 15 is 0 Å². The lowest BCUT2D eigenvalue weighted by molar-refractivity contribution is -0.124. The second-order valence-electron chi connectivity index (χ2n) is 8.14. The van der Waals surface area contributed by atoms with Crippen LogP contribution in [0.1, 0.15) is 18.9 Å². The Balaban J connectivity index is 1.58. The van der Waals surface area contributed by atoms with Crippen LogP contribution in [0.2, 0.25) is 0 Å². The number of nitrogens with zero attached hydrogens (tertiary/aromatic N) is 2. The highest BCUT2D eigenvalue weighted by Gasteiger charge is 2.46. The average molecular weight is 492 g/mol. The molecule has 1 aliphatic rings. The summed E-state index contributed by atoms with van der Waals surface area (Å²) < 4.78 is 24.4. The van der Waals surface area contributed by atoms with Crippen LogP contribution in [0, 0.1) is 5.82 Å². The van der Waals surface area contributed by atoms with Crippen molar-refractivity contribution in [2.75, 3.05) is 23.9 Å². The Bertz CT molecular complexity index is 1260. The Morgan fingerprint density at radius 1 is 1.00 bits per heavy atom. The van der Waals surface area contributed by atoms with Crippen LogP contribution in [0.4, 0.5) is 20.6 Å². The van der Waals surface area contributed by atoms with Crippen LogP contribution in [0.25, 0.3) is 0 Å². The van der Waals surface area contributed by atoms with Gasteiger partial charge in [-0.05, 0) is 61.0 Å². The highest BCUT2D eigenvalue weighted by molar-refractivity contribution is 6.22. The van der Waals surface area contributed by atoms with Crippen LogP contribution in [0.3, 0.4) is 0 Å². The number of halogens is 1. The van der Waals surface area contributed by atoms with Crippen molar-refractivity contribution >= 4 is 29.2 Å². The molecule has 9 heteroatoms. The smallest absolute Gasteiger partial charge is 0.332 e. The molecule has 1 unspecified atom stereocenters. The van der Waals surface area contributed by atoms with Crippen molar-refractivity contribution in [3.8, 4) is 11.5 Å². The fourth-order valence-corrected chi connectivity index (χ4v) is 4.02. The molecule has 1 fully saturated rings. The first-order chi connectivity index (χ1) is 17.4. The number of ether oxygens (including phenoxy) is 2. The summed E-state index contributed by atoms with van der Waals surface area (Å²) in [5.74, 6) is -0.308. The molecule has 0 spiro atoms. The fourth-order valence-electron chi connectivity index (χ4n) is 4.02. The molecule has 0 bridgehead atoms. The molecule has 3 aromatic carbocycles. The van der Waals surface area contributed by atoms with Gasteiger partial charge in [0.25, 0.3) is 5.91 Å². The quantitative estimate of drug-likeness (QED) is 0.442. The van der Waals surface area contributed by atoms with Crippen LogP contribution in [-0.4, -0.2) is 42.5 Å². The van der Waals surface area contributed by atoms with Crippen molar-refractivity contribution in [1.82, 2.24) is 4.90 Å². The molecule has 1 saturated heterocycles. The number of carbonyl (C=O) groups is 3. The van der Waals surface area contributed by atoms with E-state index in [4.69, 9.17) is 9.47 Å². The summed E-state index contributed by atoms with van der Waals surface area (Å²) in [4.78, 5) is 42.1. The lowest BCUT2D eigenvalue weighted by Crippen LogP contribution is -2.37. The molecule has 1 heterocycles. The minimum Gasteiger partial charge on any atom is -0.497 e. The number of nitrogens with one attached hydrogen (secondary N) is 1. The van der Waals surface area contributed by atoms with Gasteiger partial charge in [0.1, 0.15) is 23.4 Å². The van der Waals surface area contributed by atoms with Gasteiger partial charge in [-0.3, -0.25) is 9.59 Å². The summed E-state index contributed by atoms with van der Waals surface area (Å²) in [5, 5.41) is 2.76. The Morgan fingerprint density at radius 3 is 2.44 bits per heavy atom. The Hall–Kier alpha value is -4.40. The third-order valence-corrected chi connectivity index (χ3v) is 5.70. The summed E-state index contributed by atoms with van der Waals surface area (Å²) in [6, 6.07) is 17.5. The molecular weight excluding hydrogens is 465 g/mol. The molecule has 3 aromatic rings. The highest BCUT2D eigenvalue weighted by atomic mass is 19.1. The van der Waals surface area contributed by atoms with Gasteiger partial charge in [0, 0.05) is 18.3 Å². The van der Waals surface area contributed by atoms with E-state index in [0.29, 0.717) is 35.0 Å². The van der Waals surface area contributed by atoms with Crippen LogP contribution in [0.15, 0.2) is 72.8 Å². The van der Waals surface area contributed by atoms with E-state index < -0.39 is 29.7 Å². The minimum atomic E-state index is -1.07. The van der Waals surface area contributed by atoms with Gasteiger partial charge in [0.2, 0.25) is 5.91 Å². The molecule has 1 N–H and O–H groups in total. The fraction of sp³-hybridized carbons (Fsp3) is 0.222. The maximum atomic E-state index is 13.8. The molecule has 1 atom stereocenters. The van der Waals surface area contributed by atoms with Gasteiger partial charge in [0.15, 0.2) is 0 Å². The molecule has 4 amide bonds. The number of amides is 4. The largest absolute Gasteiger partial charge is 0.497 e. The summed E-state index contributed by atoms with van der Waals surface area (Å²) >= 11 is 0. The summed E-state index contributed by atoms with van der Waals surface area (Å²) in [6.07, 6.45) is -0.270. The van der Waals surface area contributed by atoms with Crippen LogP contribution in [0.5, 0.6) is 11.5 Å². The van der Waals surface area contributed by atoms with E-state index in [2.05, 4.69) is 5.32 Å². The Labute approximate surface area is 208 Å². The second kappa shape index (κ2) is 10.9. The van der Waals surface area contributed by atoms with E-state index in [1.165, 1.54) is 30.2 Å². The van der Waals surface area contributed by atoms with Crippen molar-refractivity contribution in [3.63, 3.8) is 0 Å². The van der Waals surface area contributed by atoms with Crippen molar-refractivity contribution < 1.29 is 28.2 Å². The number of carbonyl (C=O) groups excluding carboxylic acids is 3. The number of rotatable bonds is 9. The number of methoxy groups -OCH3 is 1. The normalized spacial score (nSPS) is 15.2. The van der Waals surface area contributed by atoms with Crippen molar-refractivity contribution in [2.24, 2.45) is 0 Å². The number of imide groups is 1. The van der Waals surface area contributed by atoms with Crippen molar-refractivity contribution in [1.29, 1.82) is 0 Å². The maximum Gasteiger partial charge on any atom is 0.332 e. The van der Waals surface area contributed by atoms with E-state index in [1.54, 1.807) is 54.6 Å². The summed E-state index contributed by atoms with van der Waals surface area (Å²) in [5.41, 5.74) is 1.35. The highest BCUT2D eigenvalue weighted by Crippen LogP contribution is 2.30.